The van der Waals surface area contributed by atoms with Crippen molar-refractivity contribution in [3.8, 4) is 16.9 Å². The monoisotopic (exact) mass is 300 g/mol. The lowest BCUT2D eigenvalue weighted by Gasteiger charge is -2.11. The van der Waals surface area contributed by atoms with Crippen LogP contribution in [0.3, 0.4) is 0 Å². The van der Waals surface area contributed by atoms with Crippen molar-refractivity contribution in [3.05, 3.63) is 69.3 Å². The van der Waals surface area contributed by atoms with E-state index in [2.05, 4.69) is 13.0 Å². The van der Waals surface area contributed by atoms with Gasteiger partial charge in [0.1, 0.15) is 0 Å². The molecule has 4 heteroatoms. The Kier molecular flexibility index (Phi) is 3.47. The van der Waals surface area contributed by atoms with Crippen LogP contribution in [0.5, 0.6) is 0 Å². The lowest BCUT2D eigenvalue weighted by molar-refractivity contribution is 0.976. The number of benzene rings is 2. The highest BCUT2D eigenvalue weighted by molar-refractivity contribution is 7.07. The summed E-state index contributed by atoms with van der Waals surface area (Å²) < 4.78 is 1.98. The molecule has 3 aromatic rings. The number of halogens is 1. The average molecular weight is 301 g/mol. The highest BCUT2D eigenvalue weighted by atomic mass is 35.5. The fourth-order valence-corrected chi connectivity index (χ4v) is 3.09. The molecule has 2 nitrogen and oxygen atoms in total. The maximum absolute atomic E-state index is 8.17. The van der Waals surface area contributed by atoms with Gasteiger partial charge in [0.05, 0.1) is 11.4 Å². The third-order valence-corrected chi connectivity index (χ3v) is 4.22. The van der Waals surface area contributed by atoms with Gasteiger partial charge < -0.3 is 0 Å². The number of aryl methyl sites for hydroxylation is 1. The van der Waals surface area contributed by atoms with E-state index in [1.165, 1.54) is 11.3 Å². The third-order valence-electron chi connectivity index (χ3n) is 3.22. The molecule has 0 saturated carbocycles. The number of nitrogens with zero attached hydrogens (tertiary/aromatic N) is 1. The molecule has 100 valence electrons. The van der Waals surface area contributed by atoms with Gasteiger partial charge >= 0.3 is 0 Å². The molecular formula is C16H13ClN2S. The molecule has 0 saturated heterocycles. The predicted octanol–water partition coefficient (Wildman–Crippen LogP) is 4.65. The molecule has 0 radical (unpaired) electrons. The molecule has 1 N–H and O–H groups in total. The first-order chi connectivity index (χ1) is 9.66. The molecule has 1 heterocycles. The molecule has 0 aliphatic heterocycles. The molecule has 0 bridgehead atoms. The zero-order chi connectivity index (χ0) is 14.1. The number of para-hydroxylation sites is 1. The van der Waals surface area contributed by atoms with Gasteiger partial charge in [-0.1, -0.05) is 41.9 Å². The van der Waals surface area contributed by atoms with E-state index in [-0.39, 0.29) is 0 Å². The van der Waals surface area contributed by atoms with E-state index in [0.717, 1.165) is 27.5 Å². The van der Waals surface area contributed by atoms with Crippen LogP contribution in [0.2, 0.25) is 5.02 Å². The van der Waals surface area contributed by atoms with Crippen LogP contribution in [0.25, 0.3) is 16.9 Å². The maximum atomic E-state index is 8.17. The normalized spacial score (nSPS) is 10.7. The Labute approximate surface area is 126 Å². The van der Waals surface area contributed by atoms with Gasteiger partial charge in [-0.3, -0.25) is 9.98 Å². The lowest BCUT2D eigenvalue weighted by Crippen LogP contribution is -2.13. The standard InChI is InChI=1S/C16H13ClN2S/c1-11-4-2-3-5-14(11)19-15(10-20-16(19)18)12-6-8-13(17)9-7-12/h2-10,18H,1H3. The van der Waals surface area contributed by atoms with Gasteiger partial charge in [0.15, 0.2) is 4.80 Å². The molecule has 0 unspecified atom stereocenters. The highest BCUT2D eigenvalue weighted by Crippen LogP contribution is 2.25. The van der Waals surface area contributed by atoms with E-state index in [4.69, 9.17) is 17.0 Å². The Morgan fingerprint density at radius 1 is 1.05 bits per heavy atom. The zero-order valence-electron chi connectivity index (χ0n) is 10.9. The molecule has 0 atom stereocenters. The smallest absolute Gasteiger partial charge is 0.187 e. The Morgan fingerprint density at radius 2 is 1.75 bits per heavy atom. The van der Waals surface area contributed by atoms with Crippen LogP contribution in [-0.2, 0) is 0 Å². The molecule has 0 fully saturated rings. The zero-order valence-corrected chi connectivity index (χ0v) is 12.5. The van der Waals surface area contributed by atoms with Gasteiger partial charge in [-0.05, 0) is 36.2 Å². The van der Waals surface area contributed by atoms with E-state index in [0.29, 0.717) is 4.80 Å². The first-order valence-electron chi connectivity index (χ1n) is 6.24. The van der Waals surface area contributed by atoms with Crippen LogP contribution in [-0.4, -0.2) is 4.57 Å². The SMILES string of the molecule is Cc1ccccc1-n1c(-c2ccc(Cl)cc2)csc1=N. The van der Waals surface area contributed by atoms with E-state index in [1.807, 2.05) is 52.4 Å². The number of thiazole rings is 1. The minimum absolute atomic E-state index is 0.518. The fourth-order valence-electron chi connectivity index (χ4n) is 2.20. The number of hydrogen-bond acceptors (Lipinski definition) is 2. The minimum Gasteiger partial charge on any atom is -0.285 e. The molecule has 20 heavy (non-hydrogen) atoms. The summed E-state index contributed by atoms with van der Waals surface area (Å²) in [6.45, 7) is 2.06. The summed E-state index contributed by atoms with van der Waals surface area (Å²) in [6.07, 6.45) is 0. The fraction of sp³-hybridized carbons (Fsp3) is 0.0625. The van der Waals surface area contributed by atoms with Gasteiger partial charge in [-0.15, -0.1) is 11.3 Å². The summed E-state index contributed by atoms with van der Waals surface area (Å²) in [5.74, 6) is 0. The van der Waals surface area contributed by atoms with Crippen molar-refractivity contribution in [1.29, 1.82) is 5.41 Å². The molecule has 0 spiro atoms. The first kappa shape index (κ1) is 13.2. The van der Waals surface area contributed by atoms with Crippen molar-refractivity contribution in [1.82, 2.24) is 4.57 Å². The largest absolute Gasteiger partial charge is 0.285 e. The summed E-state index contributed by atoms with van der Waals surface area (Å²) in [7, 11) is 0. The molecule has 0 aliphatic carbocycles. The predicted molar refractivity (Wildman–Crippen MR) is 84.7 cm³/mol. The van der Waals surface area contributed by atoms with Gasteiger partial charge in [0.2, 0.25) is 0 Å². The Bertz CT molecular complexity index is 800. The van der Waals surface area contributed by atoms with E-state index in [9.17, 15) is 0 Å². The van der Waals surface area contributed by atoms with E-state index < -0.39 is 0 Å². The molecular weight excluding hydrogens is 288 g/mol. The Balaban J connectivity index is 2.23. The van der Waals surface area contributed by atoms with Crippen LogP contribution in [0.4, 0.5) is 0 Å². The Hall–Kier alpha value is -1.84. The van der Waals surface area contributed by atoms with Gasteiger partial charge in [-0.25, -0.2) is 0 Å². The average Bonchev–Trinajstić information content (AvgIpc) is 2.82. The summed E-state index contributed by atoms with van der Waals surface area (Å²) in [5, 5.41) is 10.9. The van der Waals surface area contributed by atoms with Gasteiger partial charge in [0.25, 0.3) is 0 Å². The summed E-state index contributed by atoms with van der Waals surface area (Å²) in [4.78, 5) is 0.518. The first-order valence-corrected chi connectivity index (χ1v) is 7.49. The van der Waals surface area contributed by atoms with Crippen molar-refractivity contribution < 1.29 is 0 Å². The quantitative estimate of drug-likeness (QED) is 0.714. The van der Waals surface area contributed by atoms with Crippen molar-refractivity contribution in [3.63, 3.8) is 0 Å². The lowest BCUT2D eigenvalue weighted by atomic mass is 10.1. The van der Waals surface area contributed by atoms with Gasteiger partial charge in [-0.2, -0.15) is 0 Å². The van der Waals surface area contributed by atoms with Crippen molar-refractivity contribution in [2.75, 3.05) is 0 Å². The number of aromatic nitrogens is 1. The van der Waals surface area contributed by atoms with Crippen LogP contribution >= 0.6 is 22.9 Å². The van der Waals surface area contributed by atoms with E-state index >= 15 is 0 Å². The third kappa shape index (κ3) is 2.30. The molecule has 0 aliphatic rings. The van der Waals surface area contributed by atoms with Crippen LogP contribution in [0.1, 0.15) is 5.56 Å². The molecule has 1 aromatic heterocycles. The molecule has 2 aromatic carbocycles. The van der Waals surface area contributed by atoms with E-state index in [1.54, 1.807) is 0 Å². The van der Waals surface area contributed by atoms with Gasteiger partial charge in [0, 0.05) is 10.4 Å². The van der Waals surface area contributed by atoms with Crippen LogP contribution < -0.4 is 4.80 Å². The highest BCUT2D eigenvalue weighted by Gasteiger charge is 2.10. The van der Waals surface area contributed by atoms with Crippen molar-refractivity contribution in [2.45, 2.75) is 6.92 Å². The topological polar surface area (TPSA) is 28.8 Å². The summed E-state index contributed by atoms with van der Waals surface area (Å²) in [5.41, 5.74) is 4.28. The Morgan fingerprint density at radius 3 is 2.45 bits per heavy atom. The summed E-state index contributed by atoms with van der Waals surface area (Å²) in [6, 6.07) is 15.8. The minimum atomic E-state index is 0.518. The maximum Gasteiger partial charge on any atom is 0.187 e. The van der Waals surface area contributed by atoms with Crippen LogP contribution in [0, 0.1) is 12.3 Å². The number of rotatable bonds is 2. The molecule has 0 amide bonds. The molecule has 3 rings (SSSR count). The second-order valence-electron chi connectivity index (χ2n) is 4.55. The summed E-state index contributed by atoms with van der Waals surface area (Å²) >= 11 is 7.38. The van der Waals surface area contributed by atoms with Crippen molar-refractivity contribution in [2.24, 2.45) is 0 Å². The van der Waals surface area contributed by atoms with Crippen LogP contribution in [0.15, 0.2) is 53.9 Å². The second kappa shape index (κ2) is 5.27. The van der Waals surface area contributed by atoms with Crippen molar-refractivity contribution >= 4 is 22.9 Å². The number of hydrogen-bond donors (Lipinski definition) is 1. The number of nitrogens with one attached hydrogen (secondary N) is 1. The second-order valence-corrected chi connectivity index (χ2v) is 5.85.